The van der Waals surface area contributed by atoms with Crippen molar-refractivity contribution in [3.63, 3.8) is 0 Å². The van der Waals surface area contributed by atoms with E-state index in [1.54, 1.807) is 6.07 Å². The van der Waals surface area contributed by atoms with Gasteiger partial charge in [0.1, 0.15) is 5.82 Å². The zero-order chi connectivity index (χ0) is 14.0. The summed E-state index contributed by atoms with van der Waals surface area (Å²) in [5, 5.41) is 2.85. The number of carbonyl (C=O) groups is 1. The van der Waals surface area contributed by atoms with Crippen molar-refractivity contribution >= 4 is 61.7 Å². The summed E-state index contributed by atoms with van der Waals surface area (Å²) >= 11 is 11.1. The number of anilines is 1. The maximum absolute atomic E-state index is 13.2. The summed E-state index contributed by atoms with van der Waals surface area (Å²) in [5.74, 6) is -0.806. The lowest BCUT2D eigenvalue weighted by Gasteiger charge is -2.08. The van der Waals surface area contributed by atoms with Crippen molar-refractivity contribution < 1.29 is 9.18 Å². The van der Waals surface area contributed by atoms with Crippen LogP contribution in [0.2, 0.25) is 5.02 Å². The summed E-state index contributed by atoms with van der Waals surface area (Å²) in [4.78, 5) is 12.1. The Bertz CT molecular complexity index is 630. The molecule has 0 aliphatic rings. The lowest BCUT2D eigenvalue weighted by Crippen LogP contribution is -2.13. The number of nitrogens with one attached hydrogen (secondary N) is 1. The molecule has 2 rings (SSSR count). The summed E-state index contributed by atoms with van der Waals surface area (Å²) in [5.41, 5.74) is 0.834. The third-order valence-electron chi connectivity index (χ3n) is 2.29. The zero-order valence-corrected chi connectivity index (χ0v) is 13.9. The molecule has 1 N–H and O–H groups in total. The Kier molecular flexibility index (Phi) is 4.81. The third kappa shape index (κ3) is 3.90. The van der Waals surface area contributed by atoms with E-state index < -0.39 is 5.82 Å². The van der Waals surface area contributed by atoms with Crippen molar-refractivity contribution in [1.82, 2.24) is 0 Å². The Hall–Kier alpha value is -0.660. The van der Waals surface area contributed by atoms with E-state index in [2.05, 4.69) is 43.8 Å². The van der Waals surface area contributed by atoms with Gasteiger partial charge >= 0.3 is 0 Å². The van der Waals surface area contributed by atoms with Crippen molar-refractivity contribution in [2.24, 2.45) is 0 Å². The van der Waals surface area contributed by atoms with E-state index in [1.807, 2.05) is 12.1 Å². The van der Waals surface area contributed by atoms with Crippen molar-refractivity contribution in [2.45, 2.75) is 0 Å². The Morgan fingerprint density at radius 3 is 2.68 bits per heavy atom. The minimum atomic E-state index is -0.494. The normalized spacial score (nSPS) is 10.3. The molecule has 2 aromatic rings. The highest BCUT2D eigenvalue weighted by Gasteiger charge is 2.11. The molecule has 0 saturated carbocycles. The van der Waals surface area contributed by atoms with Crippen LogP contribution in [-0.4, -0.2) is 5.91 Å². The van der Waals surface area contributed by atoms with Crippen LogP contribution in [0.4, 0.5) is 10.1 Å². The highest BCUT2D eigenvalue weighted by molar-refractivity contribution is 14.1. The second-order valence-corrected chi connectivity index (χ2v) is 6.25. The highest BCUT2D eigenvalue weighted by Crippen LogP contribution is 2.22. The van der Waals surface area contributed by atoms with Gasteiger partial charge < -0.3 is 5.32 Å². The van der Waals surface area contributed by atoms with Crippen molar-refractivity contribution in [3.05, 3.63) is 60.8 Å². The van der Waals surface area contributed by atoms with Crippen LogP contribution in [0.15, 0.2) is 40.9 Å². The van der Waals surface area contributed by atoms with Crippen LogP contribution in [-0.2, 0) is 0 Å². The van der Waals surface area contributed by atoms with E-state index in [4.69, 9.17) is 11.6 Å². The molecular formula is C13H7BrClFINO. The number of carbonyl (C=O) groups excluding carboxylic acids is 1. The number of halogens is 4. The average Bonchev–Trinajstić information content (AvgIpc) is 2.30. The Morgan fingerprint density at radius 2 is 2.00 bits per heavy atom. The van der Waals surface area contributed by atoms with Gasteiger partial charge in [-0.1, -0.05) is 27.5 Å². The maximum atomic E-state index is 13.2. The molecule has 0 bridgehead atoms. The molecule has 0 saturated heterocycles. The van der Waals surface area contributed by atoms with E-state index in [0.29, 0.717) is 11.3 Å². The van der Waals surface area contributed by atoms with Gasteiger partial charge in [0.05, 0.1) is 5.56 Å². The van der Waals surface area contributed by atoms with Gasteiger partial charge in [0, 0.05) is 18.8 Å². The van der Waals surface area contributed by atoms with Gasteiger partial charge in [-0.05, 0) is 59.0 Å². The summed E-state index contributed by atoms with van der Waals surface area (Å²) in [6.07, 6.45) is 0. The van der Waals surface area contributed by atoms with E-state index in [1.165, 1.54) is 18.2 Å². The molecule has 0 spiro atoms. The first kappa shape index (κ1) is 14.7. The van der Waals surface area contributed by atoms with Crippen LogP contribution in [0, 0.1) is 9.39 Å². The summed E-state index contributed by atoms with van der Waals surface area (Å²) < 4.78 is 14.8. The van der Waals surface area contributed by atoms with Crippen LogP contribution in [0.1, 0.15) is 10.4 Å². The molecule has 0 aromatic heterocycles. The lowest BCUT2D eigenvalue weighted by molar-refractivity contribution is 0.102. The monoisotopic (exact) mass is 453 g/mol. The highest BCUT2D eigenvalue weighted by atomic mass is 127. The zero-order valence-electron chi connectivity index (χ0n) is 9.38. The van der Waals surface area contributed by atoms with Crippen LogP contribution >= 0.6 is 50.1 Å². The number of amides is 1. The summed E-state index contributed by atoms with van der Waals surface area (Å²) in [7, 11) is 0. The Labute approximate surface area is 136 Å². The predicted octanol–water partition coefficient (Wildman–Crippen LogP) is 5.10. The quantitative estimate of drug-likeness (QED) is 0.629. The molecular weight excluding hydrogens is 447 g/mol. The minimum absolute atomic E-state index is 0.235. The van der Waals surface area contributed by atoms with Gasteiger partial charge in [-0.25, -0.2) is 4.39 Å². The lowest BCUT2D eigenvalue weighted by atomic mass is 10.2. The Morgan fingerprint density at radius 1 is 1.26 bits per heavy atom. The third-order valence-corrected chi connectivity index (χ3v) is 3.95. The molecule has 0 radical (unpaired) electrons. The fourth-order valence-electron chi connectivity index (χ4n) is 1.50. The van der Waals surface area contributed by atoms with Gasteiger partial charge in [-0.3, -0.25) is 4.79 Å². The molecule has 98 valence electrons. The topological polar surface area (TPSA) is 29.1 Å². The van der Waals surface area contributed by atoms with Gasteiger partial charge in [0.15, 0.2) is 0 Å². The first-order chi connectivity index (χ1) is 8.95. The maximum Gasteiger partial charge on any atom is 0.256 e. The van der Waals surface area contributed by atoms with Crippen molar-refractivity contribution in [3.8, 4) is 0 Å². The number of hydrogen-bond acceptors (Lipinski definition) is 1. The van der Waals surface area contributed by atoms with Crippen LogP contribution in [0.3, 0.4) is 0 Å². The molecule has 0 heterocycles. The smallest absolute Gasteiger partial charge is 0.256 e. The fourth-order valence-corrected chi connectivity index (χ4v) is 2.66. The molecule has 0 unspecified atom stereocenters. The van der Waals surface area contributed by atoms with Crippen LogP contribution in [0.25, 0.3) is 0 Å². The van der Waals surface area contributed by atoms with Crippen molar-refractivity contribution in [1.29, 1.82) is 0 Å². The largest absolute Gasteiger partial charge is 0.322 e. The van der Waals surface area contributed by atoms with Gasteiger partial charge in [-0.2, -0.15) is 0 Å². The molecule has 2 nitrogen and oxygen atoms in total. The predicted molar refractivity (Wildman–Crippen MR) is 86.2 cm³/mol. The Balaban J connectivity index is 2.28. The van der Waals surface area contributed by atoms with E-state index in [9.17, 15) is 9.18 Å². The number of hydrogen-bond donors (Lipinski definition) is 1. The molecule has 0 atom stereocenters. The molecule has 1 amide bonds. The first-order valence-electron chi connectivity index (χ1n) is 5.18. The summed E-state index contributed by atoms with van der Waals surface area (Å²) in [6, 6.07) is 9.26. The average molecular weight is 454 g/mol. The molecule has 0 fully saturated rings. The number of rotatable bonds is 2. The minimum Gasteiger partial charge on any atom is -0.322 e. The van der Waals surface area contributed by atoms with E-state index >= 15 is 0 Å². The van der Waals surface area contributed by atoms with E-state index in [-0.39, 0.29) is 10.9 Å². The molecule has 0 aliphatic heterocycles. The second-order valence-electron chi connectivity index (χ2n) is 3.74. The second kappa shape index (κ2) is 6.19. The van der Waals surface area contributed by atoms with Gasteiger partial charge in [0.25, 0.3) is 5.91 Å². The fraction of sp³-hybridized carbons (Fsp3) is 0. The molecule has 0 aliphatic carbocycles. The SMILES string of the molecule is O=C(Nc1cc(F)cc(Cl)c1)c1cc(Br)ccc1I. The first-order valence-corrected chi connectivity index (χ1v) is 7.43. The van der Waals surface area contributed by atoms with Crippen molar-refractivity contribution in [2.75, 3.05) is 5.32 Å². The van der Waals surface area contributed by atoms with Gasteiger partial charge in [0.2, 0.25) is 0 Å². The summed E-state index contributed by atoms with van der Waals surface area (Å²) in [6.45, 7) is 0. The van der Waals surface area contributed by atoms with Gasteiger partial charge in [-0.15, -0.1) is 0 Å². The van der Waals surface area contributed by atoms with Crippen LogP contribution < -0.4 is 5.32 Å². The molecule has 2 aromatic carbocycles. The van der Waals surface area contributed by atoms with Crippen LogP contribution in [0.5, 0.6) is 0 Å². The standard InChI is InChI=1S/C13H7BrClFINO/c14-7-1-2-12(17)11(3-7)13(19)18-10-5-8(15)4-9(16)6-10/h1-6H,(H,18,19). The number of benzene rings is 2. The van der Waals surface area contributed by atoms with E-state index in [0.717, 1.165) is 8.04 Å². The molecule has 6 heteroatoms. The molecule has 19 heavy (non-hydrogen) atoms.